The summed E-state index contributed by atoms with van der Waals surface area (Å²) in [6.07, 6.45) is 0. The molecule has 0 aliphatic carbocycles. The molecule has 1 aliphatic rings. The maximum absolute atomic E-state index is 12.1. The summed E-state index contributed by atoms with van der Waals surface area (Å²) in [5.74, 6) is 0. The fourth-order valence-electron chi connectivity index (χ4n) is 1.72. The molecule has 1 N–H and O–H groups in total. The summed E-state index contributed by atoms with van der Waals surface area (Å²) in [5, 5.41) is 13.1. The van der Waals surface area contributed by atoms with E-state index in [4.69, 9.17) is 13.3 Å². The van der Waals surface area contributed by atoms with Crippen molar-refractivity contribution in [1.82, 2.24) is 0 Å². The molecule has 0 fully saturated rings. The Labute approximate surface area is 99.5 Å². The van der Waals surface area contributed by atoms with Gasteiger partial charge in [-0.15, -0.1) is 0 Å². The average Bonchev–Trinajstić information content (AvgIpc) is 2.60. The van der Waals surface area contributed by atoms with Gasteiger partial charge in [0.1, 0.15) is 0 Å². The van der Waals surface area contributed by atoms with E-state index >= 15 is 0 Å². The molecule has 1 heterocycles. The number of nitriles is 1. The summed E-state index contributed by atoms with van der Waals surface area (Å²) in [6, 6.07) is 7.62. The lowest BCUT2D eigenvalue weighted by molar-refractivity contribution is 0.305. The Hall–Kier alpha value is -2.15. The number of benzene rings is 1. The number of nitrogens with zero attached hydrogens (tertiary/aromatic N) is 2. The largest absolute Gasteiger partial charge is 0.374 e. The summed E-state index contributed by atoms with van der Waals surface area (Å²) in [5.41, 5.74) is -1.79. The number of aliphatic hydroxyl groups is 1. The number of hydrogen-bond donors (Lipinski definition) is 1. The van der Waals surface area contributed by atoms with Crippen LogP contribution in [0.15, 0.2) is 34.9 Å². The first-order valence-electron chi connectivity index (χ1n) is 4.95. The quantitative estimate of drug-likeness (QED) is 0.592. The predicted octanol–water partition coefficient (Wildman–Crippen LogP) is 0.946. The van der Waals surface area contributed by atoms with Gasteiger partial charge in [-0.2, -0.15) is 0 Å². The lowest BCUT2D eigenvalue weighted by atomic mass is 10.1. The van der Waals surface area contributed by atoms with Gasteiger partial charge in [0.25, 0.3) is 5.70 Å². The molecule has 17 heavy (non-hydrogen) atoms. The van der Waals surface area contributed by atoms with Crippen LogP contribution in [0.1, 0.15) is 5.56 Å². The topological polar surface area (TPSA) is 82.5 Å². The van der Waals surface area contributed by atoms with Gasteiger partial charge in [0, 0.05) is 5.57 Å². The van der Waals surface area contributed by atoms with Gasteiger partial charge in [-0.1, -0.05) is 18.2 Å². The fraction of sp³-hybridized carbons (Fsp3) is 0.0909. The van der Waals surface area contributed by atoms with E-state index in [9.17, 15) is 8.42 Å². The smallest absolute Gasteiger partial charge is 0.269 e. The number of sulfone groups is 1. The summed E-state index contributed by atoms with van der Waals surface area (Å²) in [6.45, 7) is 6.89. The van der Waals surface area contributed by atoms with E-state index < -0.39 is 15.3 Å². The van der Waals surface area contributed by atoms with Crippen molar-refractivity contribution in [1.29, 1.82) is 6.69 Å². The third kappa shape index (κ3) is 1.43. The monoisotopic (exact) mass is 248 g/mol. The molecular weight excluding hydrogens is 240 g/mol. The Morgan fingerprint density at radius 3 is 2.88 bits per heavy atom. The molecule has 6 heteroatoms. The maximum atomic E-state index is 12.1. The summed E-state index contributed by atoms with van der Waals surface area (Å²) < 4.78 is 31.0. The van der Waals surface area contributed by atoms with Crippen molar-refractivity contribution in [2.24, 2.45) is 0 Å². The second-order valence-corrected chi connectivity index (χ2v) is 5.32. The van der Waals surface area contributed by atoms with Gasteiger partial charge in [0.15, 0.2) is 5.44 Å². The molecule has 0 unspecified atom stereocenters. The molecule has 0 saturated carbocycles. The Morgan fingerprint density at radius 2 is 2.29 bits per heavy atom. The minimum Gasteiger partial charge on any atom is -0.374 e. The van der Waals surface area contributed by atoms with Gasteiger partial charge < -0.3 is 5.11 Å². The Bertz CT molecular complexity index is 709. The number of allylic oxidation sites excluding steroid dienone is 1. The normalized spacial score (nSPS) is 24.1. The average molecular weight is 248 g/mol. The third-order valence-corrected chi connectivity index (χ3v) is 4.24. The van der Waals surface area contributed by atoms with Crippen LogP contribution < -0.4 is 0 Å². The number of rotatable bonds is 1. The van der Waals surface area contributed by atoms with E-state index in [0.717, 1.165) is 0 Å². The van der Waals surface area contributed by atoms with Gasteiger partial charge in [-0.05, 0) is 11.6 Å². The van der Waals surface area contributed by atoms with E-state index in [1.54, 1.807) is 12.1 Å². The van der Waals surface area contributed by atoms with Crippen LogP contribution in [0.5, 0.6) is 0 Å². The van der Waals surface area contributed by atoms with Crippen LogP contribution in [-0.2, 0) is 9.84 Å². The highest BCUT2D eigenvalue weighted by Gasteiger charge is 2.41. The molecule has 0 spiro atoms. The first-order chi connectivity index (χ1) is 8.57. The standard InChI is InChI=1S/C11H6N2O3S/c1-13-8(6-12)10-7-4-2-3-5-9(7)17(15,16)11(10)14/h2-5,11,14H/t11-/m1/s1/i14T. The zero-order valence-corrected chi connectivity index (χ0v) is 9.23. The van der Waals surface area contributed by atoms with Crippen LogP contribution in [0, 0.1) is 17.9 Å². The van der Waals surface area contributed by atoms with Crippen LogP contribution in [0.25, 0.3) is 10.4 Å². The van der Waals surface area contributed by atoms with Crippen molar-refractivity contribution >= 4 is 15.4 Å². The van der Waals surface area contributed by atoms with Crippen LogP contribution in [0.4, 0.5) is 0 Å². The van der Waals surface area contributed by atoms with Crippen LogP contribution >= 0.6 is 0 Å². The molecule has 5 nitrogen and oxygen atoms in total. The van der Waals surface area contributed by atoms with Crippen LogP contribution in [-0.4, -0.2) is 20.4 Å². The summed E-state index contributed by atoms with van der Waals surface area (Å²) >= 11 is 0. The molecule has 0 amide bonds. The Balaban J connectivity index is 2.90. The molecule has 0 saturated heterocycles. The first kappa shape index (κ1) is 10.0. The second-order valence-electron chi connectivity index (χ2n) is 3.36. The number of hydrogen-bond acceptors (Lipinski definition) is 4. The molecule has 1 aliphatic heterocycles. The Morgan fingerprint density at radius 1 is 1.59 bits per heavy atom. The highest BCUT2D eigenvalue weighted by Crippen LogP contribution is 2.40. The van der Waals surface area contributed by atoms with Crippen molar-refractivity contribution in [3.05, 3.63) is 46.9 Å². The third-order valence-electron chi connectivity index (χ3n) is 2.47. The number of fused-ring (bicyclic) bond motifs is 1. The van der Waals surface area contributed by atoms with Crippen molar-refractivity contribution in [2.45, 2.75) is 10.3 Å². The molecule has 1 aromatic rings. The Kier molecular flexibility index (Phi) is 2.19. The molecule has 0 radical (unpaired) electrons. The van der Waals surface area contributed by atoms with Gasteiger partial charge in [-0.3, -0.25) is 0 Å². The molecular formula is C11H6N2O3S. The van der Waals surface area contributed by atoms with Gasteiger partial charge in [0.2, 0.25) is 11.3 Å². The van der Waals surface area contributed by atoms with Crippen LogP contribution in [0.3, 0.4) is 0 Å². The van der Waals surface area contributed by atoms with Crippen molar-refractivity contribution in [2.75, 3.05) is 0 Å². The zero-order chi connectivity index (χ0) is 13.3. The van der Waals surface area contributed by atoms with E-state index in [2.05, 4.69) is 9.95 Å². The van der Waals surface area contributed by atoms with Crippen molar-refractivity contribution in [3.8, 4) is 6.07 Å². The first-order valence-corrected chi connectivity index (χ1v) is 6.09. The van der Waals surface area contributed by atoms with E-state index in [1.807, 2.05) is 0 Å². The molecule has 1 aromatic carbocycles. The van der Waals surface area contributed by atoms with Crippen LogP contribution in [0.2, 0.25) is 0 Å². The highest BCUT2D eigenvalue weighted by molar-refractivity contribution is 7.92. The molecule has 1 atom stereocenters. The summed E-state index contributed by atoms with van der Waals surface area (Å²) in [4.78, 5) is 2.97. The SMILES string of the molecule is [3H]O[C@H]1C(=C(C#N)[N+]#[C-])c2ccccc2S1(=O)=O. The minimum atomic E-state index is -3.87. The highest BCUT2D eigenvalue weighted by atomic mass is 32.2. The zero-order valence-electron chi connectivity index (χ0n) is 9.41. The van der Waals surface area contributed by atoms with Gasteiger partial charge in [0.05, 0.1) is 17.5 Å². The van der Waals surface area contributed by atoms with E-state index in [0.29, 0.717) is 0 Å². The molecule has 2 rings (SSSR count). The predicted molar refractivity (Wildman–Crippen MR) is 58.8 cm³/mol. The molecule has 0 bridgehead atoms. The van der Waals surface area contributed by atoms with E-state index in [1.165, 1.54) is 18.2 Å². The molecule has 84 valence electrons. The second kappa shape index (κ2) is 3.70. The van der Waals surface area contributed by atoms with Gasteiger partial charge >= 0.3 is 0 Å². The number of aliphatic hydroxyl groups excluding tert-OH is 1. The fourth-order valence-corrected chi connectivity index (χ4v) is 3.25. The van der Waals surface area contributed by atoms with Crippen molar-refractivity contribution < 1.29 is 13.5 Å². The maximum Gasteiger partial charge on any atom is 0.269 e. The summed E-state index contributed by atoms with van der Waals surface area (Å²) in [7, 11) is -3.87. The lowest BCUT2D eigenvalue weighted by Gasteiger charge is -2.03. The molecule has 0 aromatic heterocycles. The van der Waals surface area contributed by atoms with Crippen molar-refractivity contribution in [3.63, 3.8) is 0 Å². The lowest BCUT2D eigenvalue weighted by Crippen LogP contribution is -2.15. The minimum absolute atomic E-state index is 0.0198. The van der Waals surface area contributed by atoms with E-state index in [-0.39, 0.29) is 21.7 Å². The van der Waals surface area contributed by atoms with Gasteiger partial charge in [-0.25, -0.2) is 18.5 Å².